The van der Waals surface area contributed by atoms with E-state index < -0.39 is 0 Å². The van der Waals surface area contributed by atoms with Crippen molar-refractivity contribution in [2.45, 2.75) is 13.5 Å². The molecule has 0 radical (unpaired) electrons. The first kappa shape index (κ1) is 14.0. The first-order valence-electron chi connectivity index (χ1n) is 6.83. The molecule has 0 amide bonds. The van der Waals surface area contributed by atoms with Gasteiger partial charge in [-0.25, -0.2) is 4.39 Å². The van der Waals surface area contributed by atoms with Gasteiger partial charge in [0.15, 0.2) is 0 Å². The summed E-state index contributed by atoms with van der Waals surface area (Å²) in [7, 11) is 0. The van der Waals surface area contributed by atoms with Crippen molar-refractivity contribution in [2.24, 2.45) is 0 Å². The van der Waals surface area contributed by atoms with Crippen LogP contribution in [0.5, 0.6) is 5.75 Å². The summed E-state index contributed by atoms with van der Waals surface area (Å²) < 4.78 is 20.9. The first-order valence-corrected chi connectivity index (χ1v) is 7.21. The second-order valence-electron chi connectivity index (χ2n) is 4.83. The minimum absolute atomic E-state index is 0.274. The SMILES string of the molecule is CCOc1ccc2c(ccn2Cc2cc(F)ccc2Cl)c1. The van der Waals surface area contributed by atoms with Crippen LogP contribution in [0.3, 0.4) is 0 Å². The number of ether oxygens (including phenoxy) is 1. The van der Waals surface area contributed by atoms with Crippen molar-refractivity contribution in [1.82, 2.24) is 4.57 Å². The molecule has 2 aromatic carbocycles. The van der Waals surface area contributed by atoms with Crippen LogP contribution < -0.4 is 4.74 Å². The highest BCUT2D eigenvalue weighted by Gasteiger charge is 2.07. The second-order valence-corrected chi connectivity index (χ2v) is 5.24. The average molecular weight is 304 g/mol. The third-order valence-corrected chi connectivity index (χ3v) is 3.77. The minimum atomic E-state index is -0.274. The lowest BCUT2D eigenvalue weighted by molar-refractivity contribution is 0.340. The fourth-order valence-electron chi connectivity index (χ4n) is 2.42. The maximum atomic E-state index is 13.3. The predicted molar refractivity (Wildman–Crippen MR) is 83.6 cm³/mol. The van der Waals surface area contributed by atoms with E-state index in [4.69, 9.17) is 16.3 Å². The van der Waals surface area contributed by atoms with Gasteiger partial charge < -0.3 is 9.30 Å². The summed E-state index contributed by atoms with van der Waals surface area (Å²) in [5.41, 5.74) is 1.84. The highest BCUT2D eigenvalue weighted by atomic mass is 35.5. The number of hydrogen-bond acceptors (Lipinski definition) is 1. The van der Waals surface area contributed by atoms with E-state index in [0.717, 1.165) is 22.2 Å². The van der Waals surface area contributed by atoms with Crippen LogP contribution in [0.2, 0.25) is 5.02 Å². The molecule has 21 heavy (non-hydrogen) atoms. The van der Waals surface area contributed by atoms with Gasteiger partial charge in [0.2, 0.25) is 0 Å². The van der Waals surface area contributed by atoms with Gasteiger partial charge in [-0.3, -0.25) is 0 Å². The number of rotatable bonds is 4. The standard InChI is InChI=1S/C17H15ClFNO/c1-2-21-15-4-6-17-12(10-15)7-8-20(17)11-13-9-14(19)3-5-16(13)18/h3-10H,2,11H2,1H3. The van der Waals surface area contributed by atoms with Gasteiger partial charge in [0.25, 0.3) is 0 Å². The van der Waals surface area contributed by atoms with E-state index in [1.54, 1.807) is 6.07 Å². The molecule has 0 aliphatic carbocycles. The Labute approximate surface area is 127 Å². The average Bonchev–Trinajstić information content (AvgIpc) is 2.86. The van der Waals surface area contributed by atoms with Crippen molar-refractivity contribution in [3.05, 3.63) is 65.1 Å². The number of benzene rings is 2. The first-order chi connectivity index (χ1) is 10.2. The lowest BCUT2D eigenvalue weighted by atomic mass is 10.2. The molecule has 0 fully saturated rings. The molecule has 0 aliphatic heterocycles. The lowest BCUT2D eigenvalue weighted by Gasteiger charge is -2.09. The molecule has 4 heteroatoms. The Bertz CT molecular complexity index is 782. The van der Waals surface area contributed by atoms with Crippen LogP contribution in [-0.4, -0.2) is 11.2 Å². The molecular formula is C17H15ClFNO. The van der Waals surface area contributed by atoms with Crippen molar-refractivity contribution in [3.63, 3.8) is 0 Å². The highest BCUT2D eigenvalue weighted by Crippen LogP contribution is 2.25. The van der Waals surface area contributed by atoms with E-state index in [9.17, 15) is 4.39 Å². The molecule has 1 aromatic heterocycles. The van der Waals surface area contributed by atoms with Gasteiger partial charge >= 0.3 is 0 Å². The van der Waals surface area contributed by atoms with Gasteiger partial charge in [0.1, 0.15) is 11.6 Å². The van der Waals surface area contributed by atoms with E-state index in [-0.39, 0.29) is 5.82 Å². The molecule has 0 unspecified atom stereocenters. The molecule has 0 aliphatic rings. The van der Waals surface area contributed by atoms with Gasteiger partial charge in [-0.05, 0) is 55.0 Å². The van der Waals surface area contributed by atoms with Crippen LogP contribution in [0, 0.1) is 5.82 Å². The van der Waals surface area contributed by atoms with E-state index in [2.05, 4.69) is 0 Å². The molecule has 0 spiro atoms. The summed E-state index contributed by atoms with van der Waals surface area (Å²) in [6.45, 7) is 3.14. The summed E-state index contributed by atoms with van der Waals surface area (Å²) in [5.74, 6) is 0.580. The van der Waals surface area contributed by atoms with Gasteiger partial charge in [-0.15, -0.1) is 0 Å². The molecule has 3 rings (SSSR count). The van der Waals surface area contributed by atoms with Crippen molar-refractivity contribution < 1.29 is 9.13 Å². The van der Waals surface area contributed by atoms with Crippen LogP contribution >= 0.6 is 11.6 Å². The summed E-state index contributed by atoms with van der Waals surface area (Å²) in [4.78, 5) is 0. The maximum Gasteiger partial charge on any atom is 0.123 e. The summed E-state index contributed by atoms with van der Waals surface area (Å²) >= 11 is 6.13. The van der Waals surface area contributed by atoms with E-state index in [1.165, 1.54) is 12.1 Å². The molecule has 1 heterocycles. The maximum absolute atomic E-state index is 13.3. The Morgan fingerprint density at radius 2 is 2.00 bits per heavy atom. The smallest absolute Gasteiger partial charge is 0.123 e. The third kappa shape index (κ3) is 2.88. The third-order valence-electron chi connectivity index (χ3n) is 3.40. The number of fused-ring (bicyclic) bond motifs is 1. The zero-order valence-corrected chi connectivity index (χ0v) is 12.4. The van der Waals surface area contributed by atoms with Gasteiger partial charge in [-0.1, -0.05) is 11.6 Å². The number of halogens is 2. The monoisotopic (exact) mass is 303 g/mol. The van der Waals surface area contributed by atoms with Gasteiger partial charge in [0, 0.05) is 28.7 Å². The predicted octanol–water partition coefficient (Wildman–Crippen LogP) is 4.88. The summed E-state index contributed by atoms with van der Waals surface area (Å²) in [6.07, 6.45) is 1.97. The Morgan fingerprint density at radius 3 is 2.81 bits per heavy atom. The highest BCUT2D eigenvalue weighted by molar-refractivity contribution is 6.31. The molecule has 0 saturated carbocycles. The summed E-state index contributed by atoms with van der Waals surface area (Å²) in [6, 6.07) is 12.4. The molecule has 0 bridgehead atoms. The van der Waals surface area contributed by atoms with Crippen molar-refractivity contribution in [1.29, 1.82) is 0 Å². The van der Waals surface area contributed by atoms with Crippen LogP contribution in [0.4, 0.5) is 4.39 Å². The Kier molecular flexibility index (Phi) is 3.84. The molecule has 0 N–H and O–H groups in total. The van der Waals surface area contributed by atoms with Crippen molar-refractivity contribution in [2.75, 3.05) is 6.61 Å². The zero-order chi connectivity index (χ0) is 14.8. The van der Waals surface area contributed by atoms with Crippen molar-refractivity contribution in [3.8, 4) is 5.75 Å². The van der Waals surface area contributed by atoms with Crippen LogP contribution in [-0.2, 0) is 6.54 Å². The quantitative estimate of drug-likeness (QED) is 0.670. The van der Waals surface area contributed by atoms with E-state index in [1.807, 2.05) is 42.0 Å². The normalized spacial score (nSPS) is 11.0. The van der Waals surface area contributed by atoms with Gasteiger partial charge in [0.05, 0.1) is 6.61 Å². The van der Waals surface area contributed by atoms with Gasteiger partial charge in [-0.2, -0.15) is 0 Å². The lowest BCUT2D eigenvalue weighted by Crippen LogP contribution is -1.99. The minimum Gasteiger partial charge on any atom is -0.494 e. The van der Waals surface area contributed by atoms with Crippen LogP contribution in [0.15, 0.2) is 48.7 Å². The fraction of sp³-hybridized carbons (Fsp3) is 0.176. The number of aromatic nitrogens is 1. The molecule has 3 aromatic rings. The number of nitrogens with zero attached hydrogens (tertiary/aromatic N) is 1. The Balaban J connectivity index is 1.96. The molecular weight excluding hydrogens is 289 g/mol. The molecule has 108 valence electrons. The van der Waals surface area contributed by atoms with Crippen molar-refractivity contribution >= 4 is 22.5 Å². The molecule has 0 atom stereocenters. The summed E-state index contributed by atoms with van der Waals surface area (Å²) in [5, 5.41) is 1.66. The van der Waals surface area contributed by atoms with Crippen LogP contribution in [0.1, 0.15) is 12.5 Å². The van der Waals surface area contributed by atoms with E-state index in [0.29, 0.717) is 18.2 Å². The Morgan fingerprint density at radius 1 is 1.14 bits per heavy atom. The van der Waals surface area contributed by atoms with Crippen LogP contribution in [0.25, 0.3) is 10.9 Å². The second kappa shape index (κ2) is 5.78. The topological polar surface area (TPSA) is 14.2 Å². The Hall–Kier alpha value is -2.00. The zero-order valence-electron chi connectivity index (χ0n) is 11.6. The molecule has 0 saturated heterocycles. The largest absolute Gasteiger partial charge is 0.494 e. The number of hydrogen-bond donors (Lipinski definition) is 0. The van der Waals surface area contributed by atoms with E-state index >= 15 is 0 Å². The fourth-order valence-corrected chi connectivity index (χ4v) is 2.60. The molecule has 2 nitrogen and oxygen atoms in total.